The Hall–Kier alpha value is -3.70. The molecule has 0 spiro atoms. The molecule has 32 heavy (non-hydrogen) atoms. The number of nitriles is 1. The Balaban J connectivity index is 2.03. The molecule has 0 amide bonds. The summed E-state index contributed by atoms with van der Waals surface area (Å²) in [5.41, 5.74) is 7.96. The average molecular weight is 450 g/mol. The van der Waals surface area contributed by atoms with Gasteiger partial charge in [-0.3, -0.25) is 0 Å². The fourth-order valence-electron chi connectivity index (χ4n) is 3.37. The van der Waals surface area contributed by atoms with Crippen molar-refractivity contribution in [3.05, 3.63) is 89.2 Å². The zero-order chi connectivity index (χ0) is 23.1. The van der Waals surface area contributed by atoms with E-state index in [4.69, 9.17) is 19.9 Å². The number of hydrogen-bond donors (Lipinski definition) is 1. The van der Waals surface area contributed by atoms with Crippen molar-refractivity contribution in [2.45, 2.75) is 23.6 Å². The Bertz CT molecular complexity index is 1120. The van der Waals surface area contributed by atoms with Gasteiger partial charge >= 0.3 is 5.97 Å². The highest BCUT2D eigenvalue weighted by molar-refractivity contribution is 7.98. The minimum Gasteiger partial charge on any atom is -0.496 e. The maximum atomic E-state index is 12.8. The lowest BCUT2D eigenvalue weighted by Crippen LogP contribution is -2.25. The number of allylic oxidation sites excluding steroid dienone is 2. The normalized spacial score (nSPS) is 15.6. The van der Waals surface area contributed by atoms with Gasteiger partial charge in [-0.15, -0.1) is 11.8 Å². The van der Waals surface area contributed by atoms with Crippen LogP contribution >= 0.6 is 11.8 Å². The van der Waals surface area contributed by atoms with Gasteiger partial charge < -0.3 is 19.9 Å². The summed E-state index contributed by atoms with van der Waals surface area (Å²) in [6.07, 6.45) is 3.21. The lowest BCUT2D eigenvalue weighted by molar-refractivity contribution is -0.138. The summed E-state index contributed by atoms with van der Waals surface area (Å²) in [5.74, 6) is 0.216. The summed E-state index contributed by atoms with van der Waals surface area (Å²) >= 11 is 1.55. The number of nitrogens with two attached hydrogens (primary N) is 1. The van der Waals surface area contributed by atoms with Gasteiger partial charge in [-0.25, -0.2) is 9.78 Å². The molecule has 1 atom stereocenters. The van der Waals surface area contributed by atoms with Gasteiger partial charge in [-0.2, -0.15) is 5.26 Å². The van der Waals surface area contributed by atoms with E-state index in [1.165, 1.54) is 6.08 Å². The predicted octanol–water partition coefficient (Wildman–Crippen LogP) is 4.19. The number of benzene rings is 1. The minimum atomic E-state index is -0.726. The summed E-state index contributed by atoms with van der Waals surface area (Å²) in [5, 5.41) is 10.7. The molecule has 2 N–H and O–H groups in total. The summed E-state index contributed by atoms with van der Waals surface area (Å²) < 4.78 is 16.3. The number of rotatable bonds is 8. The van der Waals surface area contributed by atoms with Crippen LogP contribution in [0.3, 0.4) is 0 Å². The first-order valence-corrected chi connectivity index (χ1v) is 10.8. The average Bonchev–Trinajstić information content (AvgIpc) is 2.81. The largest absolute Gasteiger partial charge is 0.496 e. The monoisotopic (exact) mass is 449 g/mol. The molecule has 0 radical (unpaired) electrons. The van der Waals surface area contributed by atoms with E-state index in [1.807, 2.05) is 36.4 Å². The van der Waals surface area contributed by atoms with E-state index in [0.29, 0.717) is 22.8 Å². The molecule has 3 rings (SSSR count). The van der Waals surface area contributed by atoms with Crippen LogP contribution in [-0.2, 0) is 20.0 Å². The molecule has 0 saturated heterocycles. The second-order valence-corrected chi connectivity index (χ2v) is 7.81. The number of nitrogens with zero attached hydrogens (tertiary/aromatic N) is 2. The molecule has 1 aromatic heterocycles. The number of hydrogen-bond acceptors (Lipinski definition) is 8. The molecule has 164 valence electrons. The number of ether oxygens (including phenoxy) is 3. The zero-order valence-corrected chi connectivity index (χ0v) is 18.6. The second kappa shape index (κ2) is 10.6. The Morgan fingerprint density at radius 1 is 1.41 bits per heavy atom. The van der Waals surface area contributed by atoms with Crippen LogP contribution in [0.4, 0.5) is 0 Å². The molecule has 1 aliphatic rings. The number of pyridine rings is 1. The zero-order valence-electron chi connectivity index (χ0n) is 17.8. The van der Waals surface area contributed by atoms with E-state index < -0.39 is 11.9 Å². The van der Waals surface area contributed by atoms with Crippen LogP contribution in [0.15, 0.2) is 83.1 Å². The van der Waals surface area contributed by atoms with Gasteiger partial charge in [0.15, 0.2) is 0 Å². The van der Waals surface area contributed by atoms with Crippen molar-refractivity contribution < 1.29 is 19.0 Å². The van der Waals surface area contributed by atoms with Crippen molar-refractivity contribution in [1.82, 2.24) is 4.98 Å². The van der Waals surface area contributed by atoms with Gasteiger partial charge in [0, 0.05) is 17.5 Å². The lowest BCUT2D eigenvalue weighted by atomic mass is 9.82. The smallest absolute Gasteiger partial charge is 0.338 e. The van der Waals surface area contributed by atoms with Crippen LogP contribution in [0.5, 0.6) is 5.75 Å². The molecule has 0 bridgehead atoms. The van der Waals surface area contributed by atoms with E-state index in [9.17, 15) is 10.1 Å². The molecule has 2 aromatic rings. The van der Waals surface area contributed by atoms with Gasteiger partial charge in [0.25, 0.3) is 0 Å². The highest BCUT2D eigenvalue weighted by Gasteiger charge is 2.36. The van der Waals surface area contributed by atoms with Crippen molar-refractivity contribution in [3.8, 4) is 11.8 Å². The highest BCUT2D eigenvalue weighted by Crippen LogP contribution is 2.41. The second-order valence-electron chi connectivity index (χ2n) is 6.81. The summed E-state index contributed by atoms with van der Waals surface area (Å²) in [7, 11) is 1.60. The Labute approximate surface area is 191 Å². The molecular formula is C24H23N3O4S. The van der Waals surface area contributed by atoms with E-state index >= 15 is 0 Å². The third-order valence-electron chi connectivity index (χ3n) is 4.81. The summed E-state index contributed by atoms with van der Waals surface area (Å²) in [6.45, 7) is 5.23. The van der Waals surface area contributed by atoms with Crippen LogP contribution in [0.25, 0.3) is 0 Å². The fourth-order valence-corrected chi connectivity index (χ4v) is 4.21. The van der Waals surface area contributed by atoms with Crippen molar-refractivity contribution >= 4 is 17.7 Å². The predicted molar refractivity (Wildman–Crippen MR) is 121 cm³/mol. The van der Waals surface area contributed by atoms with Crippen LogP contribution in [0, 0.1) is 11.3 Å². The van der Waals surface area contributed by atoms with E-state index in [2.05, 4.69) is 17.6 Å². The van der Waals surface area contributed by atoms with Crippen molar-refractivity contribution in [3.63, 3.8) is 0 Å². The molecule has 0 saturated carbocycles. The van der Waals surface area contributed by atoms with Gasteiger partial charge in [0.2, 0.25) is 5.88 Å². The van der Waals surface area contributed by atoms with Gasteiger partial charge in [-0.1, -0.05) is 30.9 Å². The van der Waals surface area contributed by atoms with E-state index in [0.717, 1.165) is 10.6 Å². The lowest BCUT2D eigenvalue weighted by Gasteiger charge is -2.27. The number of aromatic nitrogens is 1. The van der Waals surface area contributed by atoms with Crippen LogP contribution in [-0.4, -0.2) is 24.7 Å². The SMILES string of the molecule is C=CCOC(=O)C1=C(C)OC(N)=C(C#N)[C@H]1c1ccc(OC)c(CSc2ccccn2)c1. The van der Waals surface area contributed by atoms with Crippen molar-refractivity contribution in [1.29, 1.82) is 5.26 Å². The maximum Gasteiger partial charge on any atom is 0.338 e. The third kappa shape index (κ3) is 4.95. The standard InChI is InChI=1S/C24H23N3O4S/c1-4-11-30-24(28)21-15(2)31-23(26)18(13-25)22(21)16-8-9-19(29-3)17(12-16)14-32-20-7-5-6-10-27-20/h4-10,12,22H,1,11,14,26H2,2-3H3/t22-/m1/s1. The topological polar surface area (TPSA) is 107 Å². The number of thioether (sulfide) groups is 1. The van der Waals surface area contributed by atoms with E-state index in [1.54, 1.807) is 32.0 Å². The van der Waals surface area contributed by atoms with Crippen molar-refractivity contribution in [2.24, 2.45) is 5.73 Å². The quantitative estimate of drug-likeness (QED) is 0.363. The van der Waals surface area contributed by atoms with Crippen LogP contribution in [0.1, 0.15) is 24.0 Å². The number of esters is 1. The highest BCUT2D eigenvalue weighted by atomic mass is 32.2. The first kappa shape index (κ1) is 23.0. The number of carbonyl (C=O) groups excluding carboxylic acids is 1. The maximum absolute atomic E-state index is 12.8. The first-order valence-electron chi connectivity index (χ1n) is 9.77. The Morgan fingerprint density at radius 2 is 2.22 bits per heavy atom. The third-order valence-corrected chi connectivity index (χ3v) is 5.80. The van der Waals surface area contributed by atoms with Gasteiger partial charge in [0.1, 0.15) is 29.8 Å². The van der Waals surface area contributed by atoms with Crippen LogP contribution in [0.2, 0.25) is 0 Å². The molecule has 0 unspecified atom stereocenters. The van der Waals surface area contributed by atoms with Crippen molar-refractivity contribution in [2.75, 3.05) is 13.7 Å². The van der Waals surface area contributed by atoms with E-state index in [-0.39, 0.29) is 23.6 Å². The number of methoxy groups -OCH3 is 1. The first-order chi connectivity index (χ1) is 15.5. The number of carbonyl (C=O) groups is 1. The molecule has 2 heterocycles. The molecule has 8 heteroatoms. The Morgan fingerprint density at radius 3 is 2.88 bits per heavy atom. The molecule has 1 aliphatic heterocycles. The van der Waals surface area contributed by atoms with Gasteiger partial charge in [-0.05, 0) is 30.7 Å². The molecule has 7 nitrogen and oxygen atoms in total. The fraction of sp³-hybridized carbons (Fsp3) is 0.208. The molecule has 0 aliphatic carbocycles. The minimum absolute atomic E-state index is 0.0319. The Kier molecular flexibility index (Phi) is 7.58. The molecule has 1 aromatic carbocycles. The molecule has 0 fully saturated rings. The van der Waals surface area contributed by atoms with Crippen LogP contribution < -0.4 is 10.5 Å². The summed E-state index contributed by atoms with van der Waals surface area (Å²) in [4.78, 5) is 17.2. The molecular weight excluding hydrogens is 426 g/mol. The summed E-state index contributed by atoms with van der Waals surface area (Å²) in [6, 6.07) is 13.3. The van der Waals surface area contributed by atoms with Gasteiger partial charge in [0.05, 0.1) is 23.6 Å².